The predicted molar refractivity (Wildman–Crippen MR) is 163 cm³/mol. The summed E-state index contributed by atoms with van der Waals surface area (Å²) in [5, 5.41) is 3.32. The molecule has 3 rings (SSSR count). The van der Waals surface area contributed by atoms with E-state index < -0.39 is 28.5 Å². The summed E-state index contributed by atoms with van der Waals surface area (Å²) in [7, 11) is -4.18. The van der Waals surface area contributed by atoms with Crippen molar-refractivity contribution < 1.29 is 22.7 Å². The molecular formula is C31H38ClN3O5S. The highest BCUT2D eigenvalue weighted by Gasteiger charge is 2.33. The Balaban J connectivity index is 2.02. The molecule has 0 fully saturated rings. The van der Waals surface area contributed by atoms with E-state index in [4.69, 9.17) is 16.3 Å². The third kappa shape index (κ3) is 8.71. The zero-order valence-electron chi connectivity index (χ0n) is 23.8. The van der Waals surface area contributed by atoms with Gasteiger partial charge in [-0.15, -0.1) is 0 Å². The topological polar surface area (TPSA) is 96.0 Å². The quantitative estimate of drug-likeness (QED) is 0.228. The summed E-state index contributed by atoms with van der Waals surface area (Å²) in [5.41, 5.74) is 1.12. The fourth-order valence-corrected chi connectivity index (χ4v) is 5.88. The van der Waals surface area contributed by atoms with Crippen molar-refractivity contribution in [1.29, 1.82) is 0 Å². The first-order chi connectivity index (χ1) is 19.7. The summed E-state index contributed by atoms with van der Waals surface area (Å²) in [6.07, 6.45) is 2.10. The maximum absolute atomic E-state index is 14.1. The number of carbonyl (C=O) groups is 2. The molecule has 1 atom stereocenters. The number of nitrogens with zero attached hydrogens (tertiary/aromatic N) is 2. The van der Waals surface area contributed by atoms with Crippen LogP contribution in [-0.2, 0) is 26.2 Å². The lowest BCUT2D eigenvalue weighted by atomic mass is 10.1. The van der Waals surface area contributed by atoms with E-state index in [2.05, 4.69) is 5.32 Å². The lowest BCUT2D eigenvalue weighted by Crippen LogP contribution is -2.52. The van der Waals surface area contributed by atoms with Gasteiger partial charge in [-0.1, -0.05) is 62.2 Å². The van der Waals surface area contributed by atoms with Gasteiger partial charge in [0.1, 0.15) is 18.3 Å². The second kappa shape index (κ2) is 15.4. The maximum Gasteiger partial charge on any atom is 0.264 e. The molecular weight excluding hydrogens is 562 g/mol. The first-order valence-electron chi connectivity index (χ1n) is 13.8. The van der Waals surface area contributed by atoms with Crippen LogP contribution in [0.2, 0.25) is 5.02 Å². The molecule has 2 amide bonds. The van der Waals surface area contributed by atoms with Gasteiger partial charge in [-0.2, -0.15) is 0 Å². The highest BCUT2D eigenvalue weighted by Crippen LogP contribution is 2.27. The smallest absolute Gasteiger partial charge is 0.264 e. The number of benzene rings is 3. The van der Waals surface area contributed by atoms with E-state index in [1.807, 2.05) is 51.1 Å². The molecule has 0 aromatic heterocycles. The molecule has 0 aliphatic carbocycles. The number of hydrogen-bond acceptors (Lipinski definition) is 5. The number of unbranched alkanes of at least 4 members (excludes halogenated alkanes) is 1. The van der Waals surface area contributed by atoms with Crippen molar-refractivity contribution >= 4 is 39.1 Å². The van der Waals surface area contributed by atoms with Crippen molar-refractivity contribution in [3.05, 3.63) is 89.4 Å². The van der Waals surface area contributed by atoms with Crippen molar-refractivity contribution in [2.75, 3.05) is 24.0 Å². The van der Waals surface area contributed by atoms with Crippen LogP contribution < -0.4 is 14.4 Å². The number of rotatable bonds is 15. The Morgan fingerprint density at radius 2 is 1.59 bits per heavy atom. The summed E-state index contributed by atoms with van der Waals surface area (Å²) >= 11 is 6.01. The fourth-order valence-electron chi connectivity index (χ4n) is 4.34. The minimum absolute atomic E-state index is 0.0115. The molecule has 10 heteroatoms. The van der Waals surface area contributed by atoms with Gasteiger partial charge >= 0.3 is 0 Å². The minimum Gasteiger partial charge on any atom is -0.494 e. The van der Waals surface area contributed by atoms with Crippen LogP contribution in [0, 0.1) is 0 Å². The monoisotopic (exact) mass is 599 g/mol. The van der Waals surface area contributed by atoms with Gasteiger partial charge in [0.15, 0.2) is 0 Å². The van der Waals surface area contributed by atoms with Gasteiger partial charge in [-0.3, -0.25) is 13.9 Å². The molecule has 0 aliphatic heterocycles. The van der Waals surface area contributed by atoms with Crippen LogP contribution in [0.1, 0.15) is 45.6 Å². The normalized spacial score (nSPS) is 11.9. The van der Waals surface area contributed by atoms with Crippen LogP contribution >= 0.6 is 11.6 Å². The molecule has 0 aliphatic rings. The Bertz CT molecular complexity index is 1370. The first kappa shape index (κ1) is 32.0. The zero-order chi connectivity index (χ0) is 29.8. The number of nitrogens with one attached hydrogen (secondary N) is 1. The van der Waals surface area contributed by atoms with Crippen LogP contribution in [0.25, 0.3) is 0 Å². The molecule has 0 radical (unpaired) electrons. The van der Waals surface area contributed by atoms with E-state index in [0.717, 1.165) is 22.7 Å². The van der Waals surface area contributed by atoms with E-state index >= 15 is 0 Å². The Labute approximate surface area is 248 Å². The molecule has 8 nitrogen and oxygen atoms in total. The molecule has 0 heterocycles. The van der Waals surface area contributed by atoms with Crippen molar-refractivity contribution in [1.82, 2.24) is 10.2 Å². The number of sulfonamides is 1. The van der Waals surface area contributed by atoms with Gasteiger partial charge in [0.2, 0.25) is 11.8 Å². The van der Waals surface area contributed by atoms with Crippen molar-refractivity contribution in [2.24, 2.45) is 0 Å². The Kier molecular flexibility index (Phi) is 12.0. The number of anilines is 1. The first-order valence-corrected chi connectivity index (χ1v) is 15.6. The maximum atomic E-state index is 14.1. The Morgan fingerprint density at radius 1 is 0.927 bits per heavy atom. The average molecular weight is 600 g/mol. The van der Waals surface area contributed by atoms with E-state index in [1.165, 1.54) is 29.2 Å². The summed E-state index contributed by atoms with van der Waals surface area (Å²) in [4.78, 5) is 28.7. The van der Waals surface area contributed by atoms with Gasteiger partial charge in [0.05, 0.1) is 17.2 Å². The fraction of sp³-hybridized carbons (Fsp3) is 0.355. The predicted octanol–water partition coefficient (Wildman–Crippen LogP) is 5.66. The van der Waals surface area contributed by atoms with Crippen LogP contribution in [0.3, 0.4) is 0 Å². The Hall–Kier alpha value is -3.56. The molecule has 0 bridgehead atoms. The van der Waals surface area contributed by atoms with E-state index in [0.29, 0.717) is 30.3 Å². The highest BCUT2D eigenvalue weighted by molar-refractivity contribution is 7.92. The molecule has 41 heavy (non-hydrogen) atoms. The third-order valence-corrected chi connectivity index (χ3v) is 8.57. The third-order valence-electron chi connectivity index (χ3n) is 6.53. The largest absolute Gasteiger partial charge is 0.494 e. The second-order valence-corrected chi connectivity index (χ2v) is 11.8. The lowest BCUT2D eigenvalue weighted by molar-refractivity contribution is -0.140. The molecule has 0 saturated heterocycles. The van der Waals surface area contributed by atoms with Gasteiger partial charge in [0.25, 0.3) is 10.0 Å². The van der Waals surface area contributed by atoms with Gasteiger partial charge in [-0.05, 0) is 73.9 Å². The van der Waals surface area contributed by atoms with Crippen molar-refractivity contribution in [2.45, 2.75) is 57.5 Å². The van der Waals surface area contributed by atoms with Gasteiger partial charge in [0, 0.05) is 18.1 Å². The number of ether oxygens (including phenoxy) is 1. The van der Waals surface area contributed by atoms with Crippen LogP contribution in [-0.4, -0.2) is 50.9 Å². The molecule has 3 aromatic rings. The van der Waals surface area contributed by atoms with Crippen LogP contribution in [0.15, 0.2) is 83.8 Å². The van der Waals surface area contributed by atoms with E-state index in [-0.39, 0.29) is 23.0 Å². The summed E-state index contributed by atoms with van der Waals surface area (Å²) in [5.74, 6) is -0.192. The molecule has 0 saturated carbocycles. The number of amides is 2. The summed E-state index contributed by atoms with van der Waals surface area (Å²) in [6.45, 7) is 6.32. The SMILES string of the molecule is CCCCNC(=O)C(CC)N(Cc1ccccc1)C(=O)CN(c1ccc(OCC)cc1)S(=O)(=O)c1ccc(Cl)cc1. The average Bonchev–Trinajstić information content (AvgIpc) is 2.97. The standard InChI is InChI=1S/C31H38ClN3O5S/c1-4-7-21-33-31(37)29(5-2)34(22-24-11-9-8-10-12-24)30(36)23-35(26-15-17-27(18-16-26)40-6-3)41(38,39)28-19-13-25(32)14-20-28/h8-20,29H,4-7,21-23H2,1-3H3,(H,33,37). The molecule has 1 unspecified atom stereocenters. The van der Waals surface area contributed by atoms with E-state index in [9.17, 15) is 18.0 Å². The van der Waals surface area contributed by atoms with Crippen molar-refractivity contribution in [3.63, 3.8) is 0 Å². The summed E-state index contributed by atoms with van der Waals surface area (Å²) in [6, 6.07) is 20.9. The molecule has 1 N–H and O–H groups in total. The van der Waals surface area contributed by atoms with Gasteiger partial charge in [-0.25, -0.2) is 8.42 Å². The number of halogens is 1. The Morgan fingerprint density at radius 3 is 2.17 bits per heavy atom. The van der Waals surface area contributed by atoms with E-state index in [1.54, 1.807) is 24.3 Å². The minimum atomic E-state index is -4.18. The molecule has 220 valence electrons. The van der Waals surface area contributed by atoms with Crippen LogP contribution in [0.5, 0.6) is 5.75 Å². The highest BCUT2D eigenvalue weighted by atomic mass is 35.5. The molecule has 3 aromatic carbocycles. The zero-order valence-corrected chi connectivity index (χ0v) is 25.3. The van der Waals surface area contributed by atoms with Crippen molar-refractivity contribution in [3.8, 4) is 5.75 Å². The summed E-state index contributed by atoms with van der Waals surface area (Å²) < 4.78 is 34.4. The second-order valence-electron chi connectivity index (χ2n) is 9.47. The number of hydrogen-bond donors (Lipinski definition) is 1. The number of carbonyl (C=O) groups excluding carboxylic acids is 2. The lowest BCUT2D eigenvalue weighted by Gasteiger charge is -2.33. The van der Waals surface area contributed by atoms with Crippen LogP contribution in [0.4, 0.5) is 5.69 Å². The molecule has 0 spiro atoms. The van der Waals surface area contributed by atoms with Gasteiger partial charge < -0.3 is 15.0 Å².